The van der Waals surface area contributed by atoms with Crippen LogP contribution in [0.1, 0.15) is 18.0 Å². The minimum atomic E-state index is -0.112. The van der Waals surface area contributed by atoms with Crippen molar-refractivity contribution in [1.29, 1.82) is 0 Å². The van der Waals surface area contributed by atoms with Crippen LogP contribution in [0.5, 0.6) is 0 Å². The fourth-order valence-corrected chi connectivity index (χ4v) is 2.40. The number of nitrogens with two attached hydrogens (primary N) is 1. The second-order valence-corrected chi connectivity index (χ2v) is 5.79. The van der Waals surface area contributed by atoms with Gasteiger partial charge in [-0.05, 0) is 39.7 Å². The molecule has 0 amide bonds. The molecular formula is C15H15BrClN3O. The first-order valence-electron chi connectivity index (χ1n) is 6.33. The lowest BCUT2D eigenvalue weighted by Gasteiger charge is -2.20. The topological polar surface area (TPSA) is 70.6 Å². The summed E-state index contributed by atoms with van der Waals surface area (Å²) in [6.07, 6.45) is 0.383. The van der Waals surface area contributed by atoms with Crippen molar-refractivity contribution >= 4 is 39.1 Å². The third-order valence-electron chi connectivity index (χ3n) is 3.00. The molecule has 0 saturated heterocycles. The molecule has 2 aromatic carbocycles. The summed E-state index contributed by atoms with van der Waals surface area (Å²) in [5.41, 5.74) is 7.55. The van der Waals surface area contributed by atoms with Gasteiger partial charge in [-0.25, -0.2) is 0 Å². The molecule has 0 bridgehead atoms. The van der Waals surface area contributed by atoms with Crippen LogP contribution in [-0.2, 0) is 0 Å². The largest absolute Gasteiger partial charge is 0.409 e. The summed E-state index contributed by atoms with van der Waals surface area (Å²) in [6.45, 7) is 0. The average molecular weight is 369 g/mol. The van der Waals surface area contributed by atoms with Crippen LogP contribution >= 0.6 is 27.5 Å². The Morgan fingerprint density at radius 3 is 2.62 bits per heavy atom. The summed E-state index contributed by atoms with van der Waals surface area (Å²) in [6, 6.07) is 15.3. The summed E-state index contributed by atoms with van der Waals surface area (Å²) in [7, 11) is 0. The second kappa shape index (κ2) is 7.33. The highest BCUT2D eigenvalue weighted by molar-refractivity contribution is 9.10. The van der Waals surface area contributed by atoms with Crippen molar-refractivity contribution in [3.8, 4) is 0 Å². The number of benzene rings is 2. The zero-order valence-corrected chi connectivity index (χ0v) is 13.5. The van der Waals surface area contributed by atoms with Crippen molar-refractivity contribution in [2.45, 2.75) is 12.5 Å². The molecule has 4 nitrogen and oxygen atoms in total. The quantitative estimate of drug-likeness (QED) is 0.317. The predicted molar refractivity (Wildman–Crippen MR) is 90.0 cm³/mol. The summed E-state index contributed by atoms with van der Waals surface area (Å²) in [5.74, 6) is 0.166. The van der Waals surface area contributed by atoms with Gasteiger partial charge in [0.1, 0.15) is 5.84 Å². The molecular weight excluding hydrogens is 354 g/mol. The van der Waals surface area contributed by atoms with E-state index in [2.05, 4.69) is 26.4 Å². The predicted octanol–water partition coefficient (Wildman–Crippen LogP) is 4.39. The van der Waals surface area contributed by atoms with Crippen LogP contribution in [0.2, 0.25) is 5.02 Å². The number of nitrogens with one attached hydrogen (secondary N) is 1. The highest BCUT2D eigenvalue weighted by Gasteiger charge is 2.14. The lowest BCUT2D eigenvalue weighted by molar-refractivity contribution is 0.316. The number of amidine groups is 1. The van der Waals surface area contributed by atoms with E-state index < -0.39 is 0 Å². The molecule has 110 valence electrons. The van der Waals surface area contributed by atoms with Crippen LogP contribution in [0, 0.1) is 0 Å². The maximum Gasteiger partial charge on any atom is 0.141 e. The highest BCUT2D eigenvalue weighted by atomic mass is 79.9. The van der Waals surface area contributed by atoms with Gasteiger partial charge in [0, 0.05) is 16.6 Å². The van der Waals surface area contributed by atoms with Gasteiger partial charge < -0.3 is 16.3 Å². The molecule has 2 rings (SSSR count). The van der Waals surface area contributed by atoms with Crippen LogP contribution in [0.25, 0.3) is 0 Å². The Balaban J connectivity index is 2.25. The van der Waals surface area contributed by atoms with E-state index in [0.717, 1.165) is 15.7 Å². The Hall–Kier alpha value is -1.72. The third kappa shape index (κ3) is 4.37. The van der Waals surface area contributed by atoms with Crippen molar-refractivity contribution in [3.05, 3.63) is 63.6 Å². The lowest BCUT2D eigenvalue weighted by Crippen LogP contribution is -2.21. The van der Waals surface area contributed by atoms with Crippen molar-refractivity contribution < 1.29 is 5.21 Å². The second-order valence-electron chi connectivity index (χ2n) is 4.53. The Morgan fingerprint density at radius 1 is 1.29 bits per heavy atom. The van der Waals surface area contributed by atoms with Crippen LogP contribution in [0.3, 0.4) is 0 Å². The molecule has 21 heavy (non-hydrogen) atoms. The number of hydrogen-bond acceptors (Lipinski definition) is 3. The Morgan fingerprint density at radius 2 is 2.00 bits per heavy atom. The van der Waals surface area contributed by atoms with E-state index in [-0.39, 0.29) is 11.9 Å². The van der Waals surface area contributed by atoms with Crippen LogP contribution in [-0.4, -0.2) is 11.0 Å². The van der Waals surface area contributed by atoms with Crippen LogP contribution in [0.4, 0.5) is 5.69 Å². The first-order valence-corrected chi connectivity index (χ1v) is 7.50. The number of hydrogen-bond donors (Lipinski definition) is 3. The molecule has 0 aromatic heterocycles. The summed E-state index contributed by atoms with van der Waals surface area (Å²) in [5, 5.41) is 15.8. The molecule has 0 heterocycles. The summed E-state index contributed by atoms with van der Waals surface area (Å²) < 4.78 is 0.836. The van der Waals surface area contributed by atoms with Gasteiger partial charge in [-0.1, -0.05) is 47.1 Å². The molecule has 4 N–H and O–H groups in total. The molecule has 1 unspecified atom stereocenters. The molecule has 0 spiro atoms. The van der Waals surface area contributed by atoms with Crippen LogP contribution in [0.15, 0.2) is 58.2 Å². The van der Waals surface area contributed by atoms with E-state index in [1.807, 2.05) is 48.5 Å². The molecule has 0 saturated carbocycles. The zero-order valence-electron chi connectivity index (χ0n) is 11.1. The van der Waals surface area contributed by atoms with Gasteiger partial charge in [0.05, 0.1) is 11.1 Å². The van der Waals surface area contributed by atoms with Gasteiger partial charge in [-0.2, -0.15) is 0 Å². The van der Waals surface area contributed by atoms with Crippen molar-refractivity contribution in [2.24, 2.45) is 10.9 Å². The molecule has 0 aliphatic heterocycles. The van der Waals surface area contributed by atoms with Gasteiger partial charge in [-0.15, -0.1) is 0 Å². The molecule has 0 radical (unpaired) electrons. The molecule has 0 aliphatic carbocycles. The first kappa shape index (κ1) is 15.7. The maximum absolute atomic E-state index is 8.79. The van der Waals surface area contributed by atoms with E-state index in [0.29, 0.717) is 11.4 Å². The van der Waals surface area contributed by atoms with E-state index in [9.17, 15) is 0 Å². The molecule has 2 aromatic rings. The smallest absolute Gasteiger partial charge is 0.141 e. The number of oxime groups is 1. The summed E-state index contributed by atoms with van der Waals surface area (Å²) in [4.78, 5) is 0. The molecule has 0 aliphatic rings. The van der Waals surface area contributed by atoms with E-state index >= 15 is 0 Å². The number of rotatable bonds is 5. The fourth-order valence-electron chi connectivity index (χ4n) is 1.97. The lowest BCUT2D eigenvalue weighted by atomic mass is 10.0. The van der Waals surface area contributed by atoms with Gasteiger partial charge in [-0.3, -0.25) is 0 Å². The van der Waals surface area contributed by atoms with Gasteiger partial charge >= 0.3 is 0 Å². The number of anilines is 1. The Labute approximate surface area is 136 Å². The van der Waals surface area contributed by atoms with Crippen molar-refractivity contribution in [3.63, 3.8) is 0 Å². The Bertz CT molecular complexity index is 634. The van der Waals surface area contributed by atoms with Gasteiger partial charge in [0.25, 0.3) is 0 Å². The van der Waals surface area contributed by atoms with Gasteiger partial charge in [0.2, 0.25) is 0 Å². The van der Waals surface area contributed by atoms with Gasteiger partial charge in [0.15, 0.2) is 0 Å². The third-order valence-corrected chi connectivity index (χ3v) is 4.24. The monoisotopic (exact) mass is 367 g/mol. The fraction of sp³-hybridized carbons (Fsp3) is 0.133. The maximum atomic E-state index is 8.79. The molecule has 1 atom stereocenters. The molecule has 6 heteroatoms. The van der Waals surface area contributed by atoms with E-state index in [1.54, 1.807) is 0 Å². The SMILES string of the molecule is N/C(CC(Nc1ccc(Br)c(Cl)c1)c1ccccc1)=N/O. The minimum Gasteiger partial charge on any atom is -0.409 e. The average Bonchev–Trinajstić information content (AvgIpc) is 2.51. The minimum absolute atomic E-state index is 0.112. The summed E-state index contributed by atoms with van der Waals surface area (Å²) >= 11 is 9.46. The van der Waals surface area contributed by atoms with E-state index in [1.165, 1.54) is 0 Å². The van der Waals surface area contributed by atoms with Crippen LogP contribution < -0.4 is 11.1 Å². The standard InChI is InChI=1S/C15H15BrClN3O/c16-12-7-6-11(8-13(12)17)19-14(9-15(18)20-21)10-4-2-1-3-5-10/h1-8,14,19,21H,9H2,(H2,18,20). The Kier molecular flexibility index (Phi) is 5.47. The number of halogens is 2. The first-order chi connectivity index (χ1) is 10.1. The highest BCUT2D eigenvalue weighted by Crippen LogP contribution is 2.28. The number of nitrogens with zero attached hydrogens (tertiary/aromatic N) is 1. The normalized spacial score (nSPS) is 13.0. The zero-order chi connectivity index (χ0) is 15.2. The molecule has 0 fully saturated rings. The van der Waals surface area contributed by atoms with Crippen molar-refractivity contribution in [1.82, 2.24) is 0 Å². The van der Waals surface area contributed by atoms with Crippen molar-refractivity contribution in [2.75, 3.05) is 5.32 Å². The van der Waals surface area contributed by atoms with E-state index in [4.69, 9.17) is 22.5 Å².